The molecule has 0 radical (unpaired) electrons. The van der Waals surface area contributed by atoms with E-state index in [2.05, 4.69) is 59.5 Å². The first kappa shape index (κ1) is 16.2. The molecule has 122 valence electrons. The minimum atomic E-state index is 0.0210. The van der Waals surface area contributed by atoms with Crippen LogP contribution >= 0.6 is 0 Å². The molecule has 2 aromatic carbocycles. The van der Waals surface area contributed by atoms with Crippen molar-refractivity contribution in [1.29, 1.82) is 0 Å². The fourth-order valence-electron chi connectivity index (χ4n) is 3.23. The number of piperidine rings is 1. The first-order chi connectivity index (χ1) is 11.4. The minimum absolute atomic E-state index is 0.0210. The van der Waals surface area contributed by atoms with Gasteiger partial charge in [-0.1, -0.05) is 60.7 Å². The third kappa shape index (κ3) is 4.41. The van der Waals surface area contributed by atoms with Crippen LogP contribution in [0.4, 0.5) is 0 Å². The lowest BCUT2D eigenvalue weighted by molar-refractivity contribution is -0.158. The Morgan fingerprint density at radius 3 is 2.26 bits per heavy atom. The van der Waals surface area contributed by atoms with Crippen LogP contribution in [0.1, 0.15) is 24.0 Å². The van der Waals surface area contributed by atoms with Crippen LogP contribution in [0.15, 0.2) is 60.7 Å². The van der Waals surface area contributed by atoms with Gasteiger partial charge in [-0.3, -0.25) is 4.90 Å². The molecular formula is C20H25NO2. The maximum Gasteiger partial charge on any atom is 0.136 e. The summed E-state index contributed by atoms with van der Waals surface area (Å²) < 4.78 is 12.0. The first-order valence-electron chi connectivity index (χ1n) is 8.33. The van der Waals surface area contributed by atoms with E-state index in [9.17, 15) is 0 Å². The van der Waals surface area contributed by atoms with E-state index in [1.807, 2.05) is 6.07 Å². The highest BCUT2D eigenvalue weighted by Gasteiger charge is 2.32. The summed E-state index contributed by atoms with van der Waals surface area (Å²) in [6, 6.07) is 20.9. The summed E-state index contributed by atoms with van der Waals surface area (Å²) in [6.45, 7) is 2.60. The van der Waals surface area contributed by atoms with Crippen molar-refractivity contribution < 1.29 is 9.47 Å². The van der Waals surface area contributed by atoms with Gasteiger partial charge in [-0.2, -0.15) is 0 Å². The number of hydrogen-bond acceptors (Lipinski definition) is 3. The van der Waals surface area contributed by atoms with Gasteiger partial charge in [0, 0.05) is 20.2 Å². The van der Waals surface area contributed by atoms with Gasteiger partial charge in [0.2, 0.25) is 0 Å². The number of ether oxygens (including phenoxy) is 2. The van der Waals surface area contributed by atoms with E-state index in [0.717, 1.165) is 25.9 Å². The molecular weight excluding hydrogens is 286 g/mol. The second-order valence-electron chi connectivity index (χ2n) is 6.06. The highest BCUT2D eigenvalue weighted by atomic mass is 16.5. The number of benzene rings is 2. The predicted octanol–water partition coefficient (Wildman–Crippen LogP) is 3.84. The Labute approximate surface area is 138 Å². The molecule has 2 unspecified atom stereocenters. The molecule has 0 N–H and O–H groups in total. The molecule has 23 heavy (non-hydrogen) atoms. The third-order valence-corrected chi connectivity index (χ3v) is 4.39. The molecule has 3 rings (SSSR count). The van der Waals surface area contributed by atoms with Crippen molar-refractivity contribution in [3.8, 4) is 0 Å². The molecule has 2 aromatic rings. The molecule has 1 heterocycles. The summed E-state index contributed by atoms with van der Waals surface area (Å²) in [5.41, 5.74) is 2.53. The molecule has 1 aliphatic heterocycles. The van der Waals surface area contributed by atoms with E-state index < -0.39 is 0 Å². The van der Waals surface area contributed by atoms with Gasteiger partial charge in [0.25, 0.3) is 0 Å². The lowest BCUT2D eigenvalue weighted by Gasteiger charge is -2.40. The highest BCUT2D eigenvalue weighted by molar-refractivity contribution is 5.15. The third-order valence-electron chi connectivity index (χ3n) is 4.39. The van der Waals surface area contributed by atoms with Gasteiger partial charge < -0.3 is 9.47 Å². The average molecular weight is 311 g/mol. The monoisotopic (exact) mass is 311 g/mol. The minimum Gasteiger partial charge on any atom is -0.369 e. The van der Waals surface area contributed by atoms with Crippen LogP contribution in [-0.4, -0.2) is 30.9 Å². The first-order valence-corrected chi connectivity index (χ1v) is 8.33. The number of hydrogen-bond donors (Lipinski definition) is 0. The Hall–Kier alpha value is -1.68. The van der Waals surface area contributed by atoms with Crippen molar-refractivity contribution in [2.24, 2.45) is 0 Å². The van der Waals surface area contributed by atoms with Gasteiger partial charge in [0.1, 0.15) is 6.23 Å². The Morgan fingerprint density at radius 2 is 1.61 bits per heavy atom. The van der Waals surface area contributed by atoms with Crippen molar-refractivity contribution in [3.05, 3.63) is 71.8 Å². The number of nitrogens with zero attached hydrogens (tertiary/aromatic N) is 1. The SMILES string of the molecule is COC1C(OCc2ccccc2)CCCN1Cc1ccccc1. The number of methoxy groups -OCH3 is 1. The summed E-state index contributed by atoms with van der Waals surface area (Å²) in [4.78, 5) is 2.38. The molecule has 1 aliphatic rings. The molecule has 0 amide bonds. The zero-order valence-corrected chi connectivity index (χ0v) is 13.7. The Kier molecular flexibility index (Phi) is 5.81. The van der Waals surface area contributed by atoms with Gasteiger partial charge in [0.15, 0.2) is 0 Å². The highest BCUT2D eigenvalue weighted by Crippen LogP contribution is 2.24. The van der Waals surface area contributed by atoms with E-state index >= 15 is 0 Å². The van der Waals surface area contributed by atoms with E-state index in [1.54, 1.807) is 7.11 Å². The van der Waals surface area contributed by atoms with Crippen molar-refractivity contribution in [3.63, 3.8) is 0 Å². The molecule has 0 saturated carbocycles. The van der Waals surface area contributed by atoms with Crippen LogP contribution in [-0.2, 0) is 22.6 Å². The summed E-state index contributed by atoms with van der Waals surface area (Å²) in [5.74, 6) is 0. The molecule has 1 saturated heterocycles. The lowest BCUT2D eigenvalue weighted by Crippen LogP contribution is -2.49. The maximum absolute atomic E-state index is 6.17. The summed E-state index contributed by atoms with van der Waals surface area (Å²) in [7, 11) is 1.78. The van der Waals surface area contributed by atoms with Gasteiger partial charge in [-0.05, 0) is 24.0 Å². The molecule has 3 nitrogen and oxygen atoms in total. The lowest BCUT2D eigenvalue weighted by atomic mass is 10.0. The maximum atomic E-state index is 6.17. The van der Waals surface area contributed by atoms with Crippen LogP contribution in [0.3, 0.4) is 0 Å². The van der Waals surface area contributed by atoms with Crippen LogP contribution in [0.5, 0.6) is 0 Å². The fraction of sp³-hybridized carbons (Fsp3) is 0.400. The van der Waals surface area contributed by atoms with Crippen molar-refractivity contribution in [1.82, 2.24) is 4.90 Å². The van der Waals surface area contributed by atoms with E-state index in [1.165, 1.54) is 11.1 Å². The van der Waals surface area contributed by atoms with Crippen LogP contribution < -0.4 is 0 Å². The summed E-state index contributed by atoms with van der Waals surface area (Å²) in [5, 5.41) is 0. The molecule has 0 bridgehead atoms. The van der Waals surface area contributed by atoms with E-state index in [0.29, 0.717) is 6.61 Å². The van der Waals surface area contributed by atoms with Crippen LogP contribution in [0.2, 0.25) is 0 Å². The summed E-state index contributed by atoms with van der Waals surface area (Å²) in [6.07, 6.45) is 2.34. The van der Waals surface area contributed by atoms with E-state index in [4.69, 9.17) is 9.47 Å². The fourth-order valence-corrected chi connectivity index (χ4v) is 3.23. The zero-order chi connectivity index (χ0) is 15.9. The molecule has 2 atom stereocenters. The topological polar surface area (TPSA) is 21.7 Å². The zero-order valence-electron chi connectivity index (χ0n) is 13.7. The van der Waals surface area contributed by atoms with Crippen molar-refractivity contribution in [2.75, 3.05) is 13.7 Å². The number of likely N-dealkylation sites (tertiary alicyclic amines) is 1. The predicted molar refractivity (Wildman–Crippen MR) is 91.9 cm³/mol. The van der Waals surface area contributed by atoms with Gasteiger partial charge in [0.05, 0.1) is 12.7 Å². The van der Waals surface area contributed by atoms with E-state index in [-0.39, 0.29) is 12.3 Å². The second kappa shape index (κ2) is 8.25. The second-order valence-corrected chi connectivity index (χ2v) is 6.06. The largest absolute Gasteiger partial charge is 0.369 e. The Morgan fingerprint density at radius 1 is 0.957 bits per heavy atom. The van der Waals surface area contributed by atoms with Gasteiger partial charge >= 0.3 is 0 Å². The normalized spacial score (nSPS) is 22.1. The van der Waals surface area contributed by atoms with Crippen molar-refractivity contribution >= 4 is 0 Å². The number of rotatable bonds is 6. The van der Waals surface area contributed by atoms with Crippen LogP contribution in [0, 0.1) is 0 Å². The molecule has 0 aromatic heterocycles. The van der Waals surface area contributed by atoms with Crippen LogP contribution in [0.25, 0.3) is 0 Å². The van der Waals surface area contributed by atoms with Gasteiger partial charge in [-0.15, -0.1) is 0 Å². The van der Waals surface area contributed by atoms with Crippen molar-refractivity contribution in [2.45, 2.75) is 38.3 Å². The molecule has 1 fully saturated rings. The molecule has 0 aliphatic carbocycles. The molecule has 0 spiro atoms. The smallest absolute Gasteiger partial charge is 0.136 e. The average Bonchev–Trinajstić information content (AvgIpc) is 2.62. The standard InChI is InChI=1S/C20H25NO2/c1-22-20-19(23-16-18-11-6-3-7-12-18)13-8-14-21(20)15-17-9-4-2-5-10-17/h2-7,9-12,19-20H,8,13-16H2,1H3. The summed E-state index contributed by atoms with van der Waals surface area (Å²) >= 11 is 0. The van der Waals surface area contributed by atoms with Gasteiger partial charge in [-0.25, -0.2) is 0 Å². The quantitative estimate of drug-likeness (QED) is 0.809. The Balaban J connectivity index is 1.61. The Bertz CT molecular complexity index is 573. The molecule has 3 heteroatoms.